The highest BCUT2D eigenvalue weighted by Gasteiger charge is 2.20. The van der Waals surface area contributed by atoms with E-state index in [1.54, 1.807) is 13.8 Å². The Kier molecular flexibility index (Phi) is 8.32. The lowest BCUT2D eigenvalue weighted by atomic mass is 10.2. The summed E-state index contributed by atoms with van der Waals surface area (Å²) in [7, 11) is 0. The van der Waals surface area contributed by atoms with E-state index in [0.29, 0.717) is 13.1 Å². The molecule has 0 aromatic rings. The second-order valence-corrected chi connectivity index (χ2v) is 4.17. The van der Waals surface area contributed by atoms with Gasteiger partial charge in [-0.2, -0.15) is 0 Å². The summed E-state index contributed by atoms with van der Waals surface area (Å²) in [6.07, 6.45) is 0.113. The van der Waals surface area contributed by atoms with E-state index >= 15 is 0 Å². The fraction of sp³-hybridized carbons (Fsp3) is 0.750. The van der Waals surface area contributed by atoms with Crippen molar-refractivity contribution in [1.82, 2.24) is 15.5 Å². The SMILES string of the molecule is CCNC(=O)CCNC(=O)N(CC)C(C)CC(=O)O. The molecule has 0 spiro atoms. The second kappa shape index (κ2) is 9.18. The first-order chi connectivity index (χ1) is 8.92. The maximum absolute atomic E-state index is 11.8. The van der Waals surface area contributed by atoms with E-state index in [1.807, 2.05) is 6.92 Å². The van der Waals surface area contributed by atoms with E-state index in [2.05, 4.69) is 10.6 Å². The first-order valence-electron chi connectivity index (χ1n) is 6.45. The van der Waals surface area contributed by atoms with Crippen molar-refractivity contribution in [2.24, 2.45) is 0 Å². The molecule has 0 aliphatic rings. The lowest BCUT2D eigenvalue weighted by molar-refractivity contribution is -0.138. The summed E-state index contributed by atoms with van der Waals surface area (Å²) in [6, 6.07) is -0.729. The number of urea groups is 1. The van der Waals surface area contributed by atoms with E-state index in [9.17, 15) is 14.4 Å². The largest absolute Gasteiger partial charge is 0.481 e. The molecule has 0 fully saturated rings. The van der Waals surface area contributed by atoms with Crippen molar-refractivity contribution >= 4 is 17.9 Å². The number of carbonyl (C=O) groups is 3. The van der Waals surface area contributed by atoms with Crippen LogP contribution in [0.5, 0.6) is 0 Å². The van der Waals surface area contributed by atoms with Gasteiger partial charge in [0.15, 0.2) is 0 Å². The van der Waals surface area contributed by atoms with Gasteiger partial charge in [0.05, 0.1) is 6.42 Å². The molecule has 0 saturated carbocycles. The lowest BCUT2D eigenvalue weighted by Gasteiger charge is -2.27. The highest BCUT2D eigenvalue weighted by molar-refractivity contribution is 5.78. The van der Waals surface area contributed by atoms with Gasteiger partial charge < -0.3 is 20.6 Å². The van der Waals surface area contributed by atoms with Crippen molar-refractivity contribution in [1.29, 1.82) is 0 Å². The first kappa shape index (κ1) is 17.2. The van der Waals surface area contributed by atoms with E-state index in [0.717, 1.165) is 0 Å². The summed E-state index contributed by atoms with van der Waals surface area (Å²) in [5.74, 6) is -1.06. The van der Waals surface area contributed by atoms with Crippen LogP contribution in [0, 0.1) is 0 Å². The Hall–Kier alpha value is -1.79. The molecule has 0 saturated heterocycles. The topological polar surface area (TPSA) is 98.7 Å². The minimum absolute atomic E-state index is 0.0996. The molecule has 1 unspecified atom stereocenters. The predicted molar refractivity (Wildman–Crippen MR) is 70.8 cm³/mol. The van der Waals surface area contributed by atoms with E-state index in [1.165, 1.54) is 4.90 Å². The van der Waals surface area contributed by atoms with Gasteiger partial charge in [-0.3, -0.25) is 9.59 Å². The molecule has 0 heterocycles. The molecule has 0 radical (unpaired) electrons. The van der Waals surface area contributed by atoms with Gasteiger partial charge in [0.2, 0.25) is 5.91 Å². The van der Waals surface area contributed by atoms with E-state index in [-0.39, 0.29) is 37.4 Å². The van der Waals surface area contributed by atoms with Crippen LogP contribution >= 0.6 is 0 Å². The number of carboxylic acid groups (broad SMARTS) is 1. The van der Waals surface area contributed by atoms with Crippen LogP contribution in [0.3, 0.4) is 0 Å². The van der Waals surface area contributed by atoms with Crippen molar-refractivity contribution in [3.8, 4) is 0 Å². The summed E-state index contributed by atoms with van der Waals surface area (Å²) < 4.78 is 0. The average Bonchev–Trinajstić information content (AvgIpc) is 2.29. The minimum Gasteiger partial charge on any atom is -0.481 e. The molecule has 7 nitrogen and oxygen atoms in total. The molecule has 0 aromatic heterocycles. The molecule has 7 heteroatoms. The standard InChI is InChI=1S/C12H23N3O4/c1-4-13-10(16)6-7-14-12(19)15(5-2)9(3)8-11(17)18/h9H,4-8H2,1-3H3,(H,13,16)(H,14,19)(H,17,18). The Morgan fingerprint density at radius 1 is 1.21 bits per heavy atom. The zero-order chi connectivity index (χ0) is 14.8. The van der Waals surface area contributed by atoms with Crippen LogP contribution in [0.25, 0.3) is 0 Å². The van der Waals surface area contributed by atoms with Gasteiger partial charge in [-0.15, -0.1) is 0 Å². The van der Waals surface area contributed by atoms with Crippen LogP contribution in [0.2, 0.25) is 0 Å². The number of carboxylic acids is 1. The molecule has 0 rings (SSSR count). The number of nitrogens with zero attached hydrogens (tertiary/aromatic N) is 1. The molecule has 1 atom stereocenters. The summed E-state index contributed by atoms with van der Waals surface area (Å²) in [6.45, 7) is 6.50. The number of nitrogens with one attached hydrogen (secondary N) is 2. The average molecular weight is 273 g/mol. The molecule has 3 amide bonds. The van der Waals surface area contributed by atoms with Crippen LogP contribution in [-0.2, 0) is 9.59 Å². The third-order valence-corrected chi connectivity index (χ3v) is 2.61. The zero-order valence-corrected chi connectivity index (χ0v) is 11.7. The Morgan fingerprint density at radius 3 is 2.32 bits per heavy atom. The van der Waals surface area contributed by atoms with E-state index in [4.69, 9.17) is 5.11 Å². The highest BCUT2D eigenvalue weighted by atomic mass is 16.4. The van der Waals surface area contributed by atoms with Crippen molar-refractivity contribution in [3.05, 3.63) is 0 Å². The van der Waals surface area contributed by atoms with Crippen LogP contribution < -0.4 is 10.6 Å². The van der Waals surface area contributed by atoms with Crippen molar-refractivity contribution < 1.29 is 19.5 Å². The normalized spacial score (nSPS) is 11.5. The fourth-order valence-electron chi connectivity index (χ4n) is 1.69. The maximum atomic E-state index is 11.8. The zero-order valence-electron chi connectivity index (χ0n) is 11.7. The molecular weight excluding hydrogens is 250 g/mol. The number of rotatable bonds is 8. The van der Waals surface area contributed by atoms with Crippen molar-refractivity contribution in [2.75, 3.05) is 19.6 Å². The Bertz CT molecular complexity index is 320. The van der Waals surface area contributed by atoms with Gasteiger partial charge in [-0.25, -0.2) is 4.79 Å². The van der Waals surface area contributed by atoms with Crippen LogP contribution in [0.1, 0.15) is 33.6 Å². The van der Waals surface area contributed by atoms with Crippen LogP contribution in [-0.4, -0.2) is 53.6 Å². The number of amides is 3. The lowest BCUT2D eigenvalue weighted by Crippen LogP contribution is -2.46. The molecule has 110 valence electrons. The number of carbonyl (C=O) groups excluding carboxylic acids is 2. The van der Waals surface area contributed by atoms with Crippen molar-refractivity contribution in [2.45, 2.75) is 39.7 Å². The van der Waals surface area contributed by atoms with Gasteiger partial charge in [0, 0.05) is 32.1 Å². The molecule has 19 heavy (non-hydrogen) atoms. The van der Waals surface area contributed by atoms with Gasteiger partial charge >= 0.3 is 12.0 Å². The number of hydrogen-bond acceptors (Lipinski definition) is 3. The molecule has 0 bridgehead atoms. The Balaban J connectivity index is 4.14. The summed E-state index contributed by atoms with van der Waals surface area (Å²) >= 11 is 0. The molecular formula is C12H23N3O4. The summed E-state index contributed by atoms with van der Waals surface area (Å²) in [5, 5.41) is 13.9. The summed E-state index contributed by atoms with van der Waals surface area (Å²) in [4.78, 5) is 35.1. The van der Waals surface area contributed by atoms with E-state index < -0.39 is 5.97 Å². The quantitative estimate of drug-likeness (QED) is 0.596. The molecule has 0 aliphatic carbocycles. The second-order valence-electron chi connectivity index (χ2n) is 4.17. The first-order valence-corrected chi connectivity index (χ1v) is 6.45. The third-order valence-electron chi connectivity index (χ3n) is 2.61. The minimum atomic E-state index is -0.943. The molecule has 0 aromatic carbocycles. The maximum Gasteiger partial charge on any atom is 0.317 e. The van der Waals surface area contributed by atoms with Gasteiger partial charge in [0.1, 0.15) is 0 Å². The highest BCUT2D eigenvalue weighted by Crippen LogP contribution is 2.04. The monoisotopic (exact) mass is 273 g/mol. The van der Waals surface area contributed by atoms with Gasteiger partial charge in [-0.05, 0) is 20.8 Å². The Labute approximate surface area is 113 Å². The van der Waals surface area contributed by atoms with Crippen LogP contribution in [0.15, 0.2) is 0 Å². The van der Waals surface area contributed by atoms with Gasteiger partial charge in [-0.1, -0.05) is 0 Å². The number of aliphatic carboxylic acids is 1. The number of hydrogen-bond donors (Lipinski definition) is 3. The van der Waals surface area contributed by atoms with Crippen LogP contribution in [0.4, 0.5) is 4.79 Å². The smallest absolute Gasteiger partial charge is 0.317 e. The molecule has 3 N–H and O–H groups in total. The molecule has 0 aliphatic heterocycles. The van der Waals surface area contributed by atoms with Crippen molar-refractivity contribution in [3.63, 3.8) is 0 Å². The summed E-state index contributed by atoms with van der Waals surface area (Å²) in [5.41, 5.74) is 0. The van der Waals surface area contributed by atoms with Gasteiger partial charge in [0.25, 0.3) is 0 Å². The fourth-order valence-corrected chi connectivity index (χ4v) is 1.69. The Morgan fingerprint density at radius 2 is 1.84 bits per heavy atom. The predicted octanol–water partition coefficient (Wildman–Crippen LogP) is 0.407. The third kappa shape index (κ3) is 7.28.